The van der Waals surface area contributed by atoms with Crippen LogP contribution in [0.15, 0.2) is 36.4 Å². The predicted molar refractivity (Wildman–Crippen MR) is 180 cm³/mol. The van der Waals surface area contributed by atoms with E-state index in [2.05, 4.69) is 73.3 Å². The minimum Gasteiger partial charge on any atom is -0.479 e. The number of nitrogens with one attached hydrogen (secondary N) is 3. The Labute approximate surface area is 271 Å². The zero-order valence-electron chi connectivity index (χ0n) is 27.4. The topological polar surface area (TPSA) is 129 Å². The molecule has 1 aliphatic heterocycles. The minimum absolute atomic E-state index is 0.0795. The van der Waals surface area contributed by atoms with Crippen LogP contribution < -0.4 is 16.0 Å². The fourth-order valence-electron chi connectivity index (χ4n) is 4.70. The van der Waals surface area contributed by atoms with Gasteiger partial charge >= 0.3 is 11.9 Å². The summed E-state index contributed by atoms with van der Waals surface area (Å²) in [6, 6.07) is 8.76. The quantitative estimate of drug-likeness (QED) is 0.0428. The van der Waals surface area contributed by atoms with Gasteiger partial charge in [-0.1, -0.05) is 85.7 Å². The molecule has 0 spiro atoms. The van der Waals surface area contributed by atoms with E-state index in [4.69, 9.17) is 9.47 Å². The number of benzene rings is 1. The molecule has 1 amide bonds. The summed E-state index contributed by atoms with van der Waals surface area (Å²) >= 11 is 0. The monoisotopic (exact) mass is 651 g/mol. The highest BCUT2D eigenvalue weighted by atomic mass is 33.1. The zero-order chi connectivity index (χ0) is 32.7. The van der Waals surface area contributed by atoms with Crippen LogP contribution in [0.1, 0.15) is 78.0 Å². The Hall–Kier alpha value is -2.05. The summed E-state index contributed by atoms with van der Waals surface area (Å²) in [4.78, 5) is 35.6. The summed E-state index contributed by atoms with van der Waals surface area (Å²) in [6.07, 6.45) is 7.71. The molecule has 1 aromatic rings. The van der Waals surface area contributed by atoms with E-state index >= 15 is 0 Å². The van der Waals surface area contributed by atoms with Crippen LogP contribution in [0.3, 0.4) is 0 Å². The van der Waals surface area contributed by atoms with E-state index in [0.717, 1.165) is 25.9 Å². The van der Waals surface area contributed by atoms with E-state index in [-0.39, 0.29) is 48.3 Å². The molecule has 4 N–H and O–H groups in total. The largest absolute Gasteiger partial charge is 0.479 e. The van der Waals surface area contributed by atoms with Gasteiger partial charge in [0, 0.05) is 30.9 Å². The number of carboxylic acids is 1. The Morgan fingerprint density at radius 2 is 1.80 bits per heavy atom. The molecule has 44 heavy (non-hydrogen) atoms. The van der Waals surface area contributed by atoms with Crippen molar-refractivity contribution >= 4 is 39.4 Å². The van der Waals surface area contributed by atoms with Crippen molar-refractivity contribution in [2.24, 2.45) is 17.8 Å². The van der Waals surface area contributed by atoms with Gasteiger partial charge in [-0.05, 0) is 62.3 Å². The number of amides is 1. The van der Waals surface area contributed by atoms with E-state index in [1.807, 2.05) is 30.7 Å². The number of allylic oxidation sites excluding steroid dienone is 1. The molecule has 0 aromatic heterocycles. The second-order valence-corrected chi connectivity index (χ2v) is 15.7. The Balaban J connectivity index is 1.57. The number of hydrogen-bond donors (Lipinski definition) is 4. The molecule has 0 aliphatic carbocycles. The van der Waals surface area contributed by atoms with Crippen LogP contribution in [0.4, 0.5) is 0 Å². The predicted octanol–water partition coefficient (Wildman–Crippen LogP) is 5.36. The van der Waals surface area contributed by atoms with Gasteiger partial charge in [0.2, 0.25) is 5.91 Å². The number of ether oxygens (including phenoxy) is 2. The van der Waals surface area contributed by atoms with E-state index in [1.54, 1.807) is 17.7 Å². The summed E-state index contributed by atoms with van der Waals surface area (Å²) in [6.45, 7) is 14.7. The highest BCUT2D eigenvalue weighted by Crippen LogP contribution is 2.44. The third kappa shape index (κ3) is 14.8. The lowest BCUT2D eigenvalue weighted by molar-refractivity contribution is -0.167. The molecule has 1 heterocycles. The van der Waals surface area contributed by atoms with Gasteiger partial charge in [-0.25, -0.2) is 4.79 Å². The molecular weight excluding hydrogens is 599 g/mol. The minimum atomic E-state index is -1.17. The van der Waals surface area contributed by atoms with Gasteiger partial charge < -0.3 is 30.5 Å². The van der Waals surface area contributed by atoms with Crippen molar-refractivity contribution in [1.82, 2.24) is 16.0 Å². The number of carbonyl (C=O) groups is 3. The molecule has 5 unspecified atom stereocenters. The Morgan fingerprint density at radius 3 is 2.43 bits per heavy atom. The van der Waals surface area contributed by atoms with E-state index in [1.165, 1.54) is 11.1 Å². The second kappa shape index (κ2) is 19.5. The Kier molecular flexibility index (Phi) is 16.9. The third-order valence-corrected chi connectivity index (χ3v) is 9.93. The van der Waals surface area contributed by atoms with Crippen molar-refractivity contribution in [2.75, 3.05) is 32.4 Å². The summed E-state index contributed by atoms with van der Waals surface area (Å²) in [5, 5.41) is 18.6. The van der Waals surface area contributed by atoms with E-state index < -0.39 is 24.0 Å². The van der Waals surface area contributed by atoms with Crippen molar-refractivity contribution in [2.45, 2.75) is 90.4 Å². The smallest absolute Gasteiger partial charge is 0.345 e. The van der Waals surface area contributed by atoms with Crippen LogP contribution in [0.25, 0.3) is 0 Å². The molecule has 0 saturated carbocycles. The number of aliphatic carboxylic acids is 1. The third-order valence-electron chi connectivity index (χ3n) is 7.31. The van der Waals surface area contributed by atoms with Crippen molar-refractivity contribution in [3.63, 3.8) is 0 Å². The normalized spacial score (nSPS) is 18.6. The lowest BCUT2D eigenvalue weighted by Crippen LogP contribution is -2.39. The number of carboxylic acid groups (broad SMARTS) is 1. The van der Waals surface area contributed by atoms with Gasteiger partial charge in [-0.2, -0.15) is 0 Å². The van der Waals surface area contributed by atoms with Gasteiger partial charge in [0.25, 0.3) is 0 Å². The first-order chi connectivity index (χ1) is 20.8. The van der Waals surface area contributed by atoms with Crippen molar-refractivity contribution in [3.8, 4) is 0 Å². The molecule has 1 aliphatic rings. The first-order valence-corrected chi connectivity index (χ1v) is 18.1. The van der Waals surface area contributed by atoms with Crippen LogP contribution in [-0.4, -0.2) is 72.3 Å². The number of esters is 1. The number of carbonyl (C=O) groups excluding carboxylic acids is 2. The SMILES string of the molecule is CSSC(C)(C)CNCc1ccc(C2OC2C(C)CCC=CCNCC(=O)NCC(C)C(=O)OC(CC(C)C)C(=O)O)cc1. The second-order valence-electron chi connectivity index (χ2n) is 12.6. The highest BCUT2D eigenvalue weighted by molar-refractivity contribution is 8.76. The maximum Gasteiger partial charge on any atom is 0.345 e. The molecule has 1 fully saturated rings. The molecule has 0 radical (unpaired) electrons. The Bertz CT molecular complexity index is 1070. The van der Waals surface area contributed by atoms with Crippen molar-refractivity contribution in [1.29, 1.82) is 0 Å². The molecule has 248 valence electrons. The van der Waals surface area contributed by atoms with Crippen LogP contribution >= 0.6 is 21.6 Å². The van der Waals surface area contributed by atoms with Gasteiger partial charge in [0.05, 0.1) is 18.6 Å². The molecule has 1 aromatic carbocycles. The number of epoxide rings is 1. The molecular formula is C33H53N3O6S2. The molecule has 2 rings (SSSR count). The fraction of sp³-hybridized carbons (Fsp3) is 0.667. The summed E-state index contributed by atoms with van der Waals surface area (Å²) in [5.74, 6) is -2.14. The van der Waals surface area contributed by atoms with Crippen LogP contribution in [0.5, 0.6) is 0 Å². The van der Waals surface area contributed by atoms with Crippen LogP contribution in [0, 0.1) is 17.8 Å². The lowest BCUT2D eigenvalue weighted by Gasteiger charge is -2.22. The lowest BCUT2D eigenvalue weighted by atomic mass is 9.96. The van der Waals surface area contributed by atoms with Crippen LogP contribution in [-0.2, 0) is 30.4 Å². The van der Waals surface area contributed by atoms with E-state index in [9.17, 15) is 19.5 Å². The van der Waals surface area contributed by atoms with E-state index in [0.29, 0.717) is 12.5 Å². The first kappa shape index (κ1) is 38.1. The van der Waals surface area contributed by atoms with Gasteiger partial charge in [-0.15, -0.1) is 0 Å². The number of rotatable bonds is 22. The Morgan fingerprint density at radius 1 is 1.09 bits per heavy atom. The fourth-order valence-corrected chi connectivity index (χ4v) is 6.85. The molecule has 5 atom stereocenters. The van der Waals surface area contributed by atoms with Gasteiger partial charge in [-0.3, -0.25) is 9.59 Å². The summed E-state index contributed by atoms with van der Waals surface area (Å²) in [5.41, 5.74) is 2.52. The summed E-state index contributed by atoms with van der Waals surface area (Å²) < 4.78 is 11.3. The zero-order valence-corrected chi connectivity index (χ0v) is 29.0. The van der Waals surface area contributed by atoms with Crippen LogP contribution in [0.2, 0.25) is 0 Å². The number of hydrogen-bond acceptors (Lipinski definition) is 9. The molecule has 0 bridgehead atoms. The average Bonchev–Trinajstić information content (AvgIpc) is 3.76. The molecule has 1 saturated heterocycles. The maximum atomic E-state index is 12.2. The first-order valence-electron chi connectivity index (χ1n) is 15.6. The van der Waals surface area contributed by atoms with Gasteiger partial charge in [0.1, 0.15) is 6.10 Å². The highest BCUT2D eigenvalue weighted by Gasteiger charge is 2.43. The van der Waals surface area contributed by atoms with Crippen molar-refractivity contribution in [3.05, 3.63) is 47.5 Å². The van der Waals surface area contributed by atoms with Crippen molar-refractivity contribution < 1.29 is 29.0 Å². The maximum absolute atomic E-state index is 12.2. The molecule has 9 nitrogen and oxygen atoms in total. The van der Waals surface area contributed by atoms with Gasteiger partial charge in [0.15, 0.2) is 6.10 Å². The standard InChI is InChI=1S/C33H53N3O6S2/c1-22(2)17-27(31(38)39)41-32(40)24(4)18-36-28(37)20-34-16-10-8-9-11-23(3)29-30(42-29)26-14-12-25(13-15-26)19-35-21-33(5,6)44-43-7/h8,10,12-15,22-24,27,29-30,34-35H,9,11,16-21H2,1-7H3,(H,36,37)(H,38,39). The summed E-state index contributed by atoms with van der Waals surface area (Å²) in [7, 11) is 3.70. The molecule has 11 heteroatoms. The average molecular weight is 652 g/mol.